The molecule has 3 rings (SSSR count). The van der Waals surface area contributed by atoms with Crippen molar-refractivity contribution in [3.05, 3.63) is 42.2 Å². The number of ether oxygens (including phenoxy) is 2. The summed E-state index contributed by atoms with van der Waals surface area (Å²) in [4.78, 5) is 20.9. The Morgan fingerprint density at radius 1 is 1.21 bits per heavy atom. The molecule has 0 aliphatic heterocycles. The van der Waals surface area contributed by atoms with E-state index in [1.807, 2.05) is 25.3 Å². The van der Waals surface area contributed by atoms with Crippen molar-refractivity contribution >= 4 is 33.5 Å². The Bertz CT molecular complexity index is 961. The van der Waals surface area contributed by atoms with Crippen LogP contribution in [0.15, 0.2) is 36.7 Å². The highest BCUT2D eigenvalue weighted by Crippen LogP contribution is 2.29. The number of nitrogens with zero attached hydrogens (tertiary/aromatic N) is 2. The third kappa shape index (κ3) is 4.55. The molecular formula is C21H26N4O3. The van der Waals surface area contributed by atoms with Crippen LogP contribution in [-0.2, 0) is 9.47 Å². The largest absolute Gasteiger partial charge is 0.465 e. The lowest BCUT2D eigenvalue weighted by Crippen LogP contribution is -2.23. The number of fused-ring (bicyclic) bond motifs is 3. The summed E-state index contributed by atoms with van der Waals surface area (Å²) >= 11 is 0. The van der Waals surface area contributed by atoms with Crippen LogP contribution in [0.25, 0.3) is 21.7 Å². The predicted octanol–water partition coefficient (Wildman–Crippen LogP) is 3.13. The lowest BCUT2D eigenvalue weighted by atomic mass is 10.1. The number of rotatable bonds is 9. The molecule has 3 aromatic rings. The van der Waals surface area contributed by atoms with Gasteiger partial charge >= 0.3 is 5.97 Å². The second-order valence-electron chi connectivity index (χ2n) is 6.72. The highest BCUT2D eigenvalue weighted by Gasteiger charge is 2.13. The van der Waals surface area contributed by atoms with Crippen LogP contribution in [0.2, 0.25) is 0 Å². The zero-order valence-corrected chi connectivity index (χ0v) is 16.3. The van der Waals surface area contributed by atoms with Gasteiger partial charge in [-0.3, -0.25) is 4.98 Å². The number of pyridine rings is 2. The van der Waals surface area contributed by atoms with Crippen molar-refractivity contribution in [3.63, 3.8) is 0 Å². The van der Waals surface area contributed by atoms with Gasteiger partial charge in [0.2, 0.25) is 0 Å². The van der Waals surface area contributed by atoms with Crippen LogP contribution in [0, 0.1) is 0 Å². The molecule has 7 heteroatoms. The quantitative estimate of drug-likeness (QED) is 0.333. The van der Waals surface area contributed by atoms with Crippen LogP contribution in [0.1, 0.15) is 30.1 Å². The number of unbranched alkanes of at least 4 members (excludes halogenated alkanes) is 1. The van der Waals surface area contributed by atoms with E-state index in [9.17, 15) is 4.79 Å². The number of aromatic nitrogens is 2. The average Bonchev–Trinajstić information content (AvgIpc) is 2.72. The highest BCUT2D eigenvalue weighted by atomic mass is 16.5. The molecule has 0 saturated carbocycles. The fourth-order valence-electron chi connectivity index (χ4n) is 3.09. The number of esters is 1. The molecule has 0 aliphatic rings. The van der Waals surface area contributed by atoms with Crippen molar-refractivity contribution in [1.29, 1.82) is 0 Å². The number of hydrogen-bond donors (Lipinski definition) is 2. The first-order valence-electron chi connectivity index (χ1n) is 9.44. The molecule has 28 heavy (non-hydrogen) atoms. The summed E-state index contributed by atoms with van der Waals surface area (Å²) in [7, 11) is 1.37. The van der Waals surface area contributed by atoms with Gasteiger partial charge < -0.3 is 20.5 Å². The molecule has 2 aromatic heterocycles. The van der Waals surface area contributed by atoms with Crippen LogP contribution >= 0.6 is 0 Å². The molecule has 0 fully saturated rings. The molecule has 0 saturated heterocycles. The van der Waals surface area contributed by atoms with Gasteiger partial charge in [-0.1, -0.05) is 6.07 Å². The standard InChI is InChI=1S/C21H26N4O3/c1-14(13-28-10-4-3-8-22)24-20-17-7-9-23-12-18(17)16-6-5-15(21(26)27-2)11-19(16)25-20/h5-7,9,11-12,14H,3-4,8,10,13,22H2,1-2H3,(H,24,25)/t14-/m0/s1. The number of benzene rings is 1. The van der Waals surface area contributed by atoms with E-state index >= 15 is 0 Å². The van der Waals surface area contributed by atoms with Gasteiger partial charge in [-0.25, -0.2) is 9.78 Å². The maximum atomic E-state index is 11.9. The molecular weight excluding hydrogens is 356 g/mol. The molecule has 0 amide bonds. The van der Waals surface area contributed by atoms with Crippen LogP contribution in [-0.4, -0.2) is 48.8 Å². The maximum absolute atomic E-state index is 11.9. The molecule has 7 nitrogen and oxygen atoms in total. The van der Waals surface area contributed by atoms with Crippen LogP contribution in [0.3, 0.4) is 0 Å². The molecule has 0 aliphatic carbocycles. The van der Waals surface area contributed by atoms with Gasteiger partial charge in [-0.05, 0) is 44.5 Å². The third-order valence-electron chi connectivity index (χ3n) is 4.51. The normalized spacial score (nSPS) is 12.2. The van der Waals surface area contributed by atoms with Crippen LogP contribution in [0.4, 0.5) is 5.82 Å². The lowest BCUT2D eigenvalue weighted by molar-refractivity contribution is 0.0601. The molecule has 0 spiro atoms. The van der Waals surface area contributed by atoms with E-state index < -0.39 is 0 Å². The Morgan fingerprint density at radius 2 is 2.07 bits per heavy atom. The second-order valence-corrected chi connectivity index (χ2v) is 6.72. The predicted molar refractivity (Wildman–Crippen MR) is 111 cm³/mol. The molecule has 0 bridgehead atoms. The lowest BCUT2D eigenvalue weighted by Gasteiger charge is -2.17. The summed E-state index contributed by atoms with van der Waals surface area (Å²) in [5, 5.41) is 6.31. The Kier molecular flexibility index (Phi) is 6.73. The fourth-order valence-corrected chi connectivity index (χ4v) is 3.09. The number of anilines is 1. The van der Waals surface area contributed by atoms with Crippen molar-refractivity contribution in [1.82, 2.24) is 9.97 Å². The van der Waals surface area contributed by atoms with Gasteiger partial charge in [-0.2, -0.15) is 0 Å². The minimum atomic E-state index is -0.385. The van der Waals surface area contributed by atoms with Crippen molar-refractivity contribution in [3.8, 4) is 0 Å². The SMILES string of the molecule is COC(=O)c1ccc2c(c1)nc(N[C@@H](C)COCCCCN)c1ccncc12. The Morgan fingerprint density at radius 3 is 2.86 bits per heavy atom. The van der Waals surface area contributed by atoms with Crippen LogP contribution in [0.5, 0.6) is 0 Å². The Balaban J connectivity index is 1.88. The first kappa shape index (κ1) is 20.0. The molecule has 1 atom stereocenters. The van der Waals surface area contributed by atoms with E-state index in [1.54, 1.807) is 18.3 Å². The Hall–Kier alpha value is -2.77. The summed E-state index contributed by atoms with van der Waals surface area (Å²) in [5.41, 5.74) is 6.67. The van der Waals surface area contributed by atoms with Crippen molar-refractivity contribution < 1.29 is 14.3 Å². The van der Waals surface area contributed by atoms with Crippen molar-refractivity contribution in [2.75, 3.05) is 32.2 Å². The van der Waals surface area contributed by atoms with Crippen LogP contribution < -0.4 is 11.1 Å². The summed E-state index contributed by atoms with van der Waals surface area (Å²) in [5.74, 6) is 0.355. The number of hydrogen-bond acceptors (Lipinski definition) is 7. The molecule has 2 heterocycles. The molecule has 0 radical (unpaired) electrons. The van der Waals surface area contributed by atoms with E-state index in [0.717, 1.165) is 34.8 Å². The minimum Gasteiger partial charge on any atom is -0.465 e. The van der Waals surface area contributed by atoms with E-state index in [1.165, 1.54) is 7.11 Å². The third-order valence-corrected chi connectivity index (χ3v) is 4.51. The summed E-state index contributed by atoms with van der Waals surface area (Å²) < 4.78 is 10.5. The number of carbonyl (C=O) groups excluding carboxylic acids is 1. The average molecular weight is 382 g/mol. The van der Waals surface area contributed by atoms with E-state index in [-0.39, 0.29) is 12.0 Å². The Labute approximate surface area is 164 Å². The molecule has 0 unspecified atom stereocenters. The van der Waals surface area contributed by atoms with Gasteiger partial charge in [0.25, 0.3) is 0 Å². The van der Waals surface area contributed by atoms with E-state index in [4.69, 9.17) is 20.2 Å². The number of nitrogens with two attached hydrogens (primary N) is 1. The number of nitrogens with one attached hydrogen (secondary N) is 1. The molecule has 3 N–H and O–H groups in total. The van der Waals surface area contributed by atoms with E-state index in [0.29, 0.717) is 30.8 Å². The topological polar surface area (TPSA) is 99.4 Å². The first-order chi connectivity index (χ1) is 13.6. The number of methoxy groups -OCH3 is 1. The van der Waals surface area contributed by atoms with Gasteiger partial charge in [0.15, 0.2) is 0 Å². The molecule has 148 valence electrons. The first-order valence-corrected chi connectivity index (χ1v) is 9.44. The monoisotopic (exact) mass is 382 g/mol. The van der Waals surface area contributed by atoms with Gasteiger partial charge in [-0.15, -0.1) is 0 Å². The highest BCUT2D eigenvalue weighted by molar-refractivity contribution is 6.10. The number of carbonyl (C=O) groups is 1. The van der Waals surface area contributed by atoms with Gasteiger partial charge in [0.1, 0.15) is 5.82 Å². The zero-order chi connectivity index (χ0) is 19.9. The van der Waals surface area contributed by atoms with Gasteiger partial charge in [0.05, 0.1) is 24.8 Å². The summed E-state index contributed by atoms with van der Waals surface area (Å²) in [6.45, 7) is 4.00. The summed E-state index contributed by atoms with van der Waals surface area (Å²) in [6.07, 6.45) is 5.49. The fraction of sp³-hybridized carbons (Fsp3) is 0.381. The second kappa shape index (κ2) is 9.43. The van der Waals surface area contributed by atoms with Gasteiger partial charge in [0, 0.05) is 41.2 Å². The molecule has 1 aromatic carbocycles. The maximum Gasteiger partial charge on any atom is 0.337 e. The minimum absolute atomic E-state index is 0.0722. The zero-order valence-electron chi connectivity index (χ0n) is 16.3. The smallest absolute Gasteiger partial charge is 0.337 e. The summed E-state index contributed by atoms with van der Waals surface area (Å²) in [6, 6.07) is 7.38. The van der Waals surface area contributed by atoms with Crippen molar-refractivity contribution in [2.24, 2.45) is 5.73 Å². The van der Waals surface area contributed by atoms with E-state index in [2.05, 4.69) is 10.3 Å². The van der Waals surface area contributed by atoms with Crippen molar-refractivity contribution in [2.45, 2.75) is 25.8 Å².